The number of rotatable bonds is 9. The number of sulfone groups is 1. The van der Waals surface area contributed by atoms with Gasteiger partial charge in [0.15, 0.2) is 5.96 Å². The summed E-state index contributed by atoms with van der Waals surface area (Å²) in [6, 6.07) is 9.35. The van der Waals surface area contributed by atoms with E-state index < -0.39 is 33.1 Å². The Hall–Kier alpha value is -3.07. The van der Waals surface area contributed by atoms with E-state index in [1.165, 1.54) is 24.3 Å². The van der Waals surface area contributed by atoms with Gasteiger partial charge in [0.2, 0.25) is 14.7 Å². The highest BCUT2D eigenvalue weighted by atomic mass is 32.2. The van der Waals surface area contributed by atoms with Crippen LogP contribution in [0.25, 0.3) is 0 Å². The lowest BCUT2D eigenvalue weighted by atomic mass is 9.89. The summed E-state index contributed by atoms with van der Waals surface area (Å²) in [7, 11) is -4.67. The first-order valence-electron chi connectivity index (χ1n) is 11.2. The van der Waals surface area contributed by atoms with Gasteiger partial charge in [-0.05, 0) is 52.1 Å². The SMILES string of the molecule is CC(C)c1cc(C(C)C)c(S(=O)(=O)[C@@](Cc2cccc(O)c2)(NC(=N)N)C(=O)O)c(C(C)C)c1. The molecule has 0 saturated heterocycles. The monoisotopic (exact) mass is 489 g/mol. The number of hydrogen-bond acceptors (Lipinski definition) is 5. The second-order valence-corrected chi connectivity index (χ2v) is 11.6. The first-order chi connectivity index (χ1) is 15.6. The van der Waals surface area contributed by atoms with Crippen molar-refractivity contribution < 1.29 is 23.4 Å². The van der Waals surface area contributed by atoms with Crippen molar-refractivity contribution in [3.05, 3.63) is 58.7 Å². The number of aromatic hydroxyl groups is 1. The minimum absolute atomic E-state index is 0.0572. The topological polar surface area (TPSA) is 154 Å². The number of carbonyl (C=O) groups is 1. The molecule has 0 unspecified atom stereocenters. The van der Waals surface area contributed by atoms with E-state index in [0.717, 1.165) is 5.56 Å². The summed E-state index contributed by atoms with van der Waals surface area (Å²) in [6.07, 6.45) is -0.556. The largest absolute Gasteiger partial charge is 0.508 e. The zero-order valence-electron chi connectivity index (χ0n) is 20.5. The number of carboxylic acid groups (broad SMARTS) is 1. The van der Waals surface area contributed by atoms with Crippen molar-refractivity contribution in [3.8, 4) is 5.75 Å². The molecule has 2 aromatic rings. The molecule has 0 amide bonds. The Morgan fingerprint density at radius 1 is 1.03 bits per heavy atom. The summed E-state index contributed by atoms with van der Waals surface area (Å²) in [5.74, 6) is -2.91. The van der Waals surface area contributed by atoms with Crippen LogP contribution in [0, 0.1) is 5.41 Å². The molecule has 34 heavy (non-hydrogen) atoms. The van der Waals surface area contributed by atoms with Gasteiger partial charge in [-0.2, -0.15) is 0 Å². The fraction of sp³-hybridized carbons (Fsp3) is 0.440. The number of benzene rings is 2. The second-order valence-electron chi connectivity index (χ2n) is 9.51. The normalized spacial score (nSPS) is 13.8. The summed E-state index contributed by atoms with van der Waals surface area (Å²) in [5, 5.41) is 30.2. The highest BCUT2D eigenvalue weighted by molar-refractivity contribution is 7.93. The lowest BCUT2D eigenvalue weighted by molar-refractivity contribution is -0.140. The maximum Gasteiger partial charge on any atom is 0.346 e. The summed E-state index contributed by atoms with van der Waals surface area (Å²) in [5.41, 5.74) is 7.78. The molecular weight excluding hydrogens is 454 g/mol. The van der Waals surface area contributed by atoms with Crippen molar-refractivity contribution in [2.45, 2.75) is 75.5 Å². The zero-order chi connectivity index (χ0) is 26.0. The molecule has 2 aromatic carbocycles. The Kier molecular flexibility index (Phi) is 8.03. The third-order valence-corrected chi connectivity index (χ3v) is 8.20. The quantitative estimate of drug-likeness (QED) is 0.263. The van der Waals surface area contributed by atoms with Crippen LogP contribution >= 0.6 is 0 Å². The van der Waals surface area contributed by atoms with Crippen LogP contribution in [0.5, 0.6) is 5.75 Å². The van der Waals surface area contributed by atoms with Crippen molar-refractivity contribution in [2.24, 2.45) is 5.73 Å². The summed E-state index contributed by atoms with van der Waals surface area (Å²) >= 11 is 0. The van der Waals surface area contributed by atoms with Gasteiger partial charge < -0.3 is 21.3 Å². The number of nitrogens with two attached hydrogens (primary N) is 1. The molecule has 0 fully saturated rings. The predicted molar refractivity (Wildman–Crippen MR) is 133 cm³/mol. The Bertz CT molecular complexity index is 1160. The molecule has 0 aliphatic carbocycles. The van der Waals surface area contributed by atoms with Crippen LogP contribution in [-0.4, -0.2) is 35.4 Å². The highest BCUT2D eigenvalue weighted by Crippen LogP contribution is 2.40. The average Bonchev–Trinajstić information content (AvgIpc) is 2.71. The van der Waals surface area contributed by atoms with Crippen LogP contribution in [0.2, 0.25) is 0 Å². The minimum atomic E-state index is -4.67. The van der Waals surface area contributed by atoms with Crippen molar-refractivity contribution in [3.63, 3.8) is 0 Å². The molecule has 6 N–H and O–H groups in total. The fourth-order valence-corrected chi connectivity index (χ4v) is 6.39. The van der Waals surface area contributed by atoms with Crippen molar-refractivity contribution in [1.29, 1.82) is 5.41 Å². The molecule has 186 valence electrons. The van der Waals surface area contributed by atoms with Gasteiger partial charge in [-0.25, -0.2) is 13.2 Å². The van der Waals surface area contributed by atoms with Gasteiger partial charge >= 0.3 is 5.97 Å². The molecule has 2 rings (SSSR count). The average molecular weight is 490 g/mol. The third-order valence-electron chi connectivity index (χ3n) is 5.85. The predicted octanol–water partition coefficient (Wildman–Crippen LogP) is 4.04. The van der Waals surface area contributed by atoms with E-state index >= 15 is 0 Å². The lowest BCUT2D eigenvalue weighted by Crippen LogP contribution is -2.63. The van der Waals surface area contributed by atoms with Crippen molar-refractivity contribution >= 4 is 21.8 Å². The maximum atomic E-state index is 14.4. The molecule has 0 radical (unpaired) electrons. The number of carboxylic acids is 1. The third kappa shape index (κ3) is 5.19. The van der Waals surface area contributed by atoms with E-state index in [9.17, 15) is 23.4 Å². The van der Waals surface area contributed by atoms with E-state index in [0.29, 0.717) is 11.1 Å². The molecule has 0 bridgehead atoms. The zero-order valence-corrected chi connectivity index (χ0v) is 21.3. The van der Waals surface area contributed by atoms with Gasteiger partial charge in [-0.3, -0.25) is 5.41 Å². The molecule has 0 aliphatic heterocycles. The van der Waals surface area contributed by atoms with Gasteiger partial charge in [-0.1, -0.05) is 65.8 Å². The molecule has 8 nitrogen and oxygen atoms in total. The van der Waals surface area contributed by atoms with E-state index in [-0.39, 0.29) is 34.0 Å². The number of aliphatic carboxylic acids is 1. The minimum Gasteiger partial charge on any atom is -0.508 e. The summed E-state index contributed by atoms with van der Waals surface area (Å²) in [4.78, 5) is 10.0. The summed E-state index contributed by atoms with van der Waals surface area (Å²) in [6.45, 7) is 11.5. The molecule has 0 aliphatic rings. The number of nitrogens with one attached hydrogen (secondary N) is 2. The van der Waals surface area contributed by atoms with Gasteiger partial charge in [0.25, 0.3) is 0 Å². The number of hydrogen-bond donors (Lipinski definition) is 5. The first-order valence-corrected chi connectivity index (χ1v) is 12.7. The molecule has 1 atom stereocenters. The molecule has 0 aromatic heterocycles. The van der Waals surface area contributed by atoms with Gasteiger partial charge in [-0.15, -0.1) is 0 Å². The van der Waals surface area contributed by atoms with Crippen LogP contribution in [0.1, 0.15) is 81.5 Å². The van der Waals surface area contributed by atoms with Gasteiger partial charge in [0, 0.05) is 6.42 Å². The smallest absolute Gasteiger partial charge is 0.346 e. The second kappa shape index (κ2) is 10.0. The Morgan fingerprint density at radius 3 is 1.94 bits per heavy atom. The molecular formula is C25H35N3O5S. The molecule has 0 spiro atoms. The van der Waals surface area contributed by atoms with Crippen LogP contribution < -0.4 is 11.1 Å². The fourth-order valence-electron chi connectivity index (χ4n) is 4.00. The van der Waals surface area contributed by atoms with Crippen molar-refractivity contribution in [2.75, 3.05) is 0 Å². The van der Waals surface area contributed by atoms with Gasteiger partial charge in [0.05, 0.1) is 4.90 Å². The number of phenols is 1. The number of phenolic OH excluding ortho intramolecular Hbond substituents is 1. The van der Waals surface area contributed by atoms with Crippen LogP contribution in [0.15, 0.2) is 41.3 Å². The number of guanidine groups is 1. The molecule has 0 saturated carbocycles. The van der Waals surface area contributed by atoms with Crippen molar-refractivity contribution in [1.82, 2.24) is 5.32 Å². The summed E-state index contributed by atoms with van der Waals surface area (Å²) < 4.78 is 28.8. The Balaban J connectivity index is 2.99. The van der Waals surface area contributed by atoms with Gasteiger partial charge in [0.1, 0.15) is 5.75 Å². The Morgan fingerprint density at radius 2 is 1.56 bits per heavy atom. The maximum absolute atomic E-state index is 14.4. The molecule has 9 heteroatoms. The first kappa shape index (κ1) is 27.2. The highest BCUT2D eigenvalue weighted by Gasteiger charge is 2.54. The van der Waals surface area contributed by atoms with Crippen LogP contribution in [0.4, 0.5) is 0 Å². The standard InChI is InChI=1S/C25H35N3O5S/c1-14(2)18-11-20(15(3)4)22(21(12-18)16(5)6)34(32,33)25(23(30)31,28-24(26)27)13-17-8-7-9-19(29)10-17/h7-12,14-16,29H,13H2,1-6H3,(H,30,31)(H4,26,27,28)/t25-/m1/s1. The van der Waals surface area contributed by atoms with E-state index in [2.05, 4.69) is 5.32 Å². The van der Waals surface area contributed by atoms with Crippen LogP contribution in [-0.2, 0) is 21.1 Å². The lowest BCUT2D eigenvalue weighted by Gasteiger charge is -2.33. The van der Waals surface area contributed by atoms with E-state index in [1.807, 2.05) is 53.7 Å². The molecule has 0 heterocycles. The van der Waals surface area contributed by atoms with E-state index in [4.69, 9.17) is 11.1 Å². The van der Waals surface area contributed by atoms with E-state index in [1.54, 1.807) is 0 Å². The Labute approximate surface area is 201 Å². The van der Waals surface area contributed by atoms with Crippen LogP contribution in [0.3, 0.4) is 0 Å².